The van der Waals surface area contributed by atoms with Crippen molar-refractivity contribution >= 4 is 17.6 Å². The zero-order valence-corrected chi connectivity index (χ0v) is 12.1. The normalized spacial score (nSPS) is 42.8. The first kappa shape index (κ1) is 11.1. The third kappa shape index (κ3) is 1.39. The minimum absolute atomic E-state index is 0.299. The van der Waals surface area contributed by atoms with Crippen molar-refractivity contribution in [1.82, 2.24) is 9.78 Å². The number of anilines is 1. The Labute approximate surface area is 118 Å². The maximum Gasteiger partial charge on any atom is 0.126 e. The summed E-state index contributed by atoms with van der Waals surface area (Å²) in [6.07, 6.45) is 8.48. The lowest BCUT2D eigenvalue weighted by Gasteiger charge is -2.56. The van der Waals surface area contributed by atoms with Crippen molar-refractivity contribution in [3.8, 4) is 0 Å². The second-order valence-electron chi connectivity index (χ2n) is 7.36. The van der Waals surface area contributed by atoms with Gasteiger partial charge in [-0.3, -0.25) is 0 Å². The third-order valence-electron chi connectivity index (χ3n) is 6.05. The van der Waals surface area contributed by atoms with E-state index in [1.807, 2.05) is 11.8 Å². The van der Waals surface area contributed by atoms with Gasteiger partial charge in [-0.15, -0.1) is 0 Å². The number of fused-ring (bicyclic) bond motifs is 1. The molecule has 19 heavy (non-hydrogen) atoms. The monoisotopic (exact) mass is 275 g/mol. The van der Waals surface area contributed by atoms with E-state index < -0.39 is 0 Å². The Bertz CT molecular complexity index is 513. The highest BCUT2D eigenvalue weighted by Gasteiger charge is 2.53. The van der Waals surface area contributed by atoms with Crippen molar-refractivity contribution in [3.63, 3.8) is 0 Å². The summed E-state index contributed by atoms with van der Waals surface area (Å²) in [5, 5.41) is 4.95. The summed E-state index contributed by atoms with van der Waals surface area (Å²) in [5.41, 5.74) is 9.39. The van der Waals surface area contributed by atoms with Crippen molar-refractivity contribution in [3.05, 3.63) is 11.3 Å². The average molecular weight is 275 g/mol. The van der Waals surface area contributed by atoms with E-state index in [9.17, 15) is 0 Å². The van der Waals surface area contributed by atoms with Gasteiger partial charge >= 0.3 is 0 Å². The molecule has 1 aliphatic heterocycles. The van der Waals surface area contributed by atoms with Gasteiger partial charge in [0.25, 0.3) is 0 Å². The van der Waals surface area contributed by atoms with Crippen LogP contribution < -0.4 is 5.73 Å². The predicted molar refractivity (Wildman–Crippen MR) is 77.8 cm³/mol. The van der Waals surface area contributed by atoms with Gasteiger partial charge in [-0.05, 0) is 56.3 Å². The first-order valence-electron chi connectivity index (χ1n) is 7.68. The number of nitrogens with two attached hydrogens (primary N) is 1. The molecule has 5 aliphatic rings. The third-order valence-corrected chi connectivity index (χ3v) is 7.02. The highest BCUT2D eigenvalue weighted by atomic mass is 32.2. The second kappa shape index (κ2) is 3.51. The molecule has 4 aliphatic carbocycles. The molecule has 0 aromatic carbocycles. The number of nitrogen functional groups attached to an aromatic ring is 1. The minimum Gasteiger partial charge on any atom is -0.384 e. The zero-order valence-electron chi connectivity index (χ0n) is 11.3. The van der Waals surface area contributed by atoms with Gasteiger partial charge in [0, 0.05) is 17.1 Å². The summed E-state index contributed by atoms with van der Waals surface area (Å²) >= 11 is 1.95. The van der Waals surface area contributed by atoms with Crippen molar-refractivity contribution in [2.75, 3.05) is 5.73 Å². The molecule has 4 bridgehead atoms. The Kier molecular flexibility index (Phi) is 2.05. The van der Waals surface area contributed by atoms with Gasteiger partial charge in [0.15, 0.2) is 0 Å². The number of hydrogen-bond donors (Lipinski definition) is 1. The molecule has 0 spiro atoms. The van der Waals surface area contributed by atoms with Crippen LogP contribution >= 0.6 is 11.8 Å². The average Bonchev–Trinajstić information content (AvgIpc) is 2.91. The molecule has 2 heterocycles. The highest BCUT2D eigenvalue weighted by molar-refractivity contribution is 7.98. The first-order valence-corrected chi connectivity index (χ1v) is 8.83. The van der Waals surface area contributed by atoms with Crippen molar-refractivity contribution in [2.45, 2.75) is 55.6 Å². The number of rotatable bonds is 1. The lowest BCUT2D eigenvalue weighted by molar-refractivity contribution is -0.0483. The summed E-state index contributed by atoms with van der Waals surface area (Å²) in [4.78, 5) is 0. The van der Waals surface area contributed by atoms with E-state index in [-0.39, 0.29) is 0 Å². The van der Waals surface area contributed by atoms with Crippen LogP contribution in [0.2, 0.25) is 0 Å². The molecule has 4 saturated carbocycles. The highest BCUT2D eigenvalue weighted by Crippen LogP contribution is 2.59. The van der Waals surface area contributed by atoms with Crippen molar-refractivity contribution in [2.24, 2.45) is 17.8 Å². The number of nitrogens with zero attached hydrogens (tertiary/aromatic N) is 2. The predicted octanol–water partition coefficient (Wildman–Crippen LogP) is 3.14. The largest absolute Gasteiger partial charge is 0.384 e. The molecule has 4 fully saturated rings. The second-order valence-corrected chi connectivity index (χ2v) is 8.34. The molecule has 0 unspecified atom stereocenters. The van der Waals surface area contributed by atoms with Crippen LogP contribution in [0.25, 0.3) is 0 Å². The summed E-state index contributed by atoms with van der Waals surface area (Å²) in [7, 11) is 0. The molecule has 1 aromatic heterocycles. The van der Waals surface area contributed by atoms with Gasteiger partial charge in [0.05, 0.1) is 11.2 Å². The van der Waals surface area contributed by atoms with E-state index in [4.69, 9.17) is 10.8 Å². The van der Waals surface area contributed by atoms with Crippen LogP contribution in [0.1, 0.15) is 49.8 Å². The van der Waals surface area contributed by atoms with Crippen LogP contribution in [0, 0.1) is 17.8 Å². The smallest absolute Gasteiger partial charge is 0.126 e. The lowest BCUT2D eigenvalue weighted by Crippen LogP contribution is -2.52. The van der Waals surface area contributed by atoms with Gasteiger partial charge < -0.3 is 5.73 Å². The number of thioether (sulfide) groups is 1. The van der Waals surface area contributed by atoms with Crippen LogP contribution in [0.3, 0.4) is 0 Å². The van der Waals surface area contributed by atoms with Crippen LogP contribution in [-0.4, -0.2) is 9.78 Å². The maximum absolute atomic E-state index is 6.46. The summed E-state index contributed by atoms with van der Waals surface area (Å²) in [5.74, 6) is 6.02. The molecule has 3 nitrogen and oxygen atoms in total. The fourth-order valence-corrected chi connectivity index (χ4v) is 6.77. The quantitative estimate of drug-likeness (QED) is 0.856. The van der Waals surface area contributed by atoms with E-state index >= 15 is 0 Å². The number of aromatic nitrogens is 2. The van der Waals surface area contributed by atoms with Gasteiger partial charge in [0.1, 0.15) is 5.82 Å². The van der Waals surface area contributed by atoms with E-state index in [0.29, 0.717) is 5.54 Å². The van der Waals surface area contributed by atoms with Crippen molar-refractivity contribution in [1.29, 1.82) is 0 Å². The fourth-order valence-electron chi connectivity index (χ4n) is 5.72. The summed E-state index contributed by atoms with van der Waals surface area (Å²) < 4.78 is 2.29. The van der Waals surface area contributed by atoms with E-state index in [1.165, 1.54) is 49.8 Å². The van der Waals surface area contributed by atoms with Gasteiger partial charge in [-0.25, -0.2) is 4.68 Å². The molecule has 6 rings (SSSR count). The van der Waals surface area contributed by atoms with Crippen LogP contribution in [0.5, 0.6) is 0 Å². The van der Waals surface area contributed by atoms with Gasteiger partial charge in [-0.1, -0.05) is 0 Å². The first-order chi connectivity index (χ1) is 9.23. The van der Waals surface area contributed by atoms with E-state index in [1.54, 1.807) is 0 Å². The van der Waals surface area contributed by atoms with E-state index in [2.05, 4.69) is 4.68 Å². The molecule has 0 atom stereocenters. The molecule has 0 radical (unpaired) electrons. The summed E-state index contributed by atoms with van der Waals surface area (Å²) in [6.45, 7) is 0. The van der Waals surface area contributed by atoms with E-state index in [0.717, 1.165) is 35.1 Å². The van der Waals surface area contributed by atoms with Crippen LogP contribution in [0.15, 0.2) is 0 Å². The molecule has 0 amide bonds. The van der Waals surface area contributed by atoms with Crippen LogP contribution in [-0.2, 0) is 17.0 Å². The molecule has 102 valence electrons. The minimum atomic E-state index is 0.299. The lowest BCUT2D eigenvalue weighted by atomic mass is 9.53. The Morgan fingerprint density at radius 3 is 2.26 bits per heavy atom. The Morgan fingerprint density at radius 1 is 1.05 bits per heavy atom. The van der Waals surface area contributed by atoms with Crippen molar-refractivity contribution < 1.29 is 0 Å². The Balaban J connectivity index is 1.62. The molecule has 4 heteroatoms. The molecular weight excluding hydrogens is 254 g/mol. The topological polar surface area (TPSA) is 43.8 Å². The fraction of sp³-hybridized carbons (Fsp3) is 0.800. The van der Waals surface area contributed by atoms with Crippen LogP contribution in [0.4, 0.5) is 5.82 Å². The zero-order chi connectivity index (χ0) is 12.6. The standard InChI is InChI=1S/C15H21N3S/c16-14-12-7-19-8-13(12)17-18(14)15-4-9-1-10(5-15)3-11(2-9)6-15/h9-11H,1-8,16H2. The van der Waals surface area contributed by atoms with Gasteiger partial charge in [0.2, 0.25) is 0 Å². The van der Waals surface area contributed by atoms with Gasteiger partial charge in [-0.2, -0.15) is 16.9 Å². The Morgan fingerprint density at radius 2 is 1.68 bits per heavy atom. The summed E-state index contributed by atoms with van der Waals surface area (Å²) in [6, 6.07) is 0. The molecule has 2 N–H and O–H groups in total. The maximum atomic E-state index is 6.46. The molecule has 0 saturated heterocycles. The Hall–Kier alpha value is -0.640. The SMILES string of the molecule is Nc1c2c(nn1C13CC4CC(CC(C4)C1)C3)CSC2. The molecule has 1 aromatic rings. The molecular formula is C15H21N3S. The number of hydrogen-bond acceptors (Lipinski definition) is 3.